The van der Waals surface area contributed by atoms with Crippen LogP contribution in [-0.2, 0) is 16.1 Å². The number of halogens is 1. The van der Waals surface area contributed by atoms with E-state index in [0.29, 0.717) is 18.0 Å². The van der Waals surface area contributed by atoms with Gasteiger partial charge in [-0.3, -0.25) is 9.59 Å². The molecule has 2 amide bonds. The van der Waals surface area contributed by atoms with Crippen molar-refractivity contribution in [2.45, 2.75) is 39.2 Å². The Morgan fingerprint density at radius 3 is 2.52 bits per heavy atom. The van der Waals surface area contributed by atoms with Crippen LogP contribution in [0.25, 0.3) is 0 Å². The average Bonchev–Trinajstić information content (AvgIpc) is 2.66. The smallest absolute Gasteiger partial charge is 0.239 e. The highest BCUT2D eigenvalue weighted by Gasteiger charge is 2.05. The van der Waals surface area contributed by atoms with Crippen LogP contribution in [0.15, 0.2) is 48.5 Å². The fourth-order valence-electron chi connectivity index (χ4n) is 2.55. The van der Waals surface area contributed by atoms with E-state index in [-0.39, 0.29) is 18.4 Å². The number of anilines is 2. The van der Waals surface area contributed by atoms with Gasteiger partial charge in [0.2, 0.25) is 11.8 Å². The Balaban J connectivity index is 1.77. The van der Waals surface area contributed by atoms with Crippen molar-refractivity contribution in [3.05, 3.63) is 59.1 Å². The molecule has 0 saturated carbocycles. The van der Waals surface area contributed by atoms with E-state index in [1.807, 2.05) is 42.5 Å². The molecule has 0 spiro atoms. The molecule has 0 unspecified atom stereocenters. The van der Waals surface area contributed by atoms with Crippen molar-refractivity contribution in [2.75, 3.05) is 17.2 Å². The fraction of sp³-hybridized carbons (Fsp3) is 0.333. The van der Waals surface area contributed by atoms with Gasteiger partial charge in [0.05, 0.1) is 6.54 Å². The second-order valence-electron chi connectivity index (χ2n) is 6.31. The van der Waals surface area contributed by atoms with Crippen molar-refractivity contribution in [1.29, 1.82) is 0 Å². The summed E-state index contributed by atoms with van der Waals surface area (Å²) < 4.78 is 0. The van der Waals surface area contributed by atoms with E-state index in [9.17, 15) is 9.59 Å². The quantitative estimate of drug-likeness (QED) is 0.522. The standard InChI is InChI=1S/C21H26ClN3O2/c1-2-3-4-12-20(26)25-18-10-7-9-17(13-18)23-15-21(27)24-14-16-8-5-6-11-19(16)22/h5-11,13,23H,2-4,12,14-15H2,1H3,(H,24,27)(H,25,26). The largest absolute Gasteiger partial charge is 0.376 e. The average molecular weight is 388 g/mol. The summed E-state index contributed by atoms with van der Waals surface area (Å²) >= 11 is 6.08. The van der Waals surface area contributed by atoms with Crippen molar-refractivity contribution in [1.82, 2.24) is 5.32 Å². The SMILES string of the molecule is CCCCCC(=O)Nc1cccc(NCC(=O)NCc2ccccc2Cl)c1. The molecular weight excluding hydrogens is 362 g/mol. The van der Waals surface area contributed by atoms with Gasteiger partial charge in [0.1, 0.15) is 0 Å². The van der Waals surface area contributed by atoms with E-state index < -0.39 is 0 Å². The van der Waals surface area contributed by atoms with E-state index in [2.05, 4.69) is 22.9 Å². The van der Waals surface area contributed by atoms with Crippen LogP contribution < -0.4 is 16.0 Å². The number of nitrogens with one attached hydrogen (secondary N) is 3. The molecule has 0 fully saturated rings. The monoisotopic (exact) mass is 387 g/mol. The molecule has 0 aliphatic rings. The first-order valence-electron chi connectivity index (χ1n) is 9.22. The summed E-state index contributed by atoms with van der Waals surface area (Å²) in [5.41, 5.74) is 2.37. The Hall–Kier alpha value is -2.53. The summed E-state index contributed by atoms with van der Waals surface area (Å²) in [6.45, 7) is 2.63. The predicted molar refractivity (Wildman–Crippen MR) is 111 cm³/mol. The van der Waals surface area contributed by atoms with Crippen LogP contribution in [0.2, 0.25) is 5.02 Å². The highest BCUT2D eigenvalue weighted by molar-refractivity contribution is 6.31. The van der Waals surface area contributed by atoms with E-state index in [0.717, 1.165) is 36.2 Å². The van der Waals surface area contributed by atoms with Crippen LogP contribution >= 0.6 is 11.6 Å². The zero-order valence-corrected chi connectivity index (χ0v) is 16.3. The molecule has 0 radical (unpaired) electrons. The third kappa shape index (κ3) is 7.71. The van der Waals surface area contributed by atoms with E-state index in [1.165, 1.54) is 0 Å². The molecule has 2 aromatic carbocycles. The number of unbranched alkanes of at least 4 members (excludes halogenated alkanes) is 2. The molecule has 2 rings (SSSR count). The van der Waals surface area contributed by atoms with Crippen molar-refractivity contribution in [2.24, 2.45) is 0 Å². The fourth-order valence-corrected chi connectivity index (χ4v) is 2.75. The van der Waals surface area contributed by atoms with Crippen molar-refractivity contribution < 1.29 is 9.59 Å². The maximum absolute atomic E-state index is 12.0. The normalized spacial score (nSPS) is 10.3. The molecule has 3 N–H and O–H groups in total. The summed E-state index contributed by atoms with van der Waals surface area (Å²) in [4.78, 5) is 23.9. The summed E-state index contributed by atoms with van der Waals surface area (Å²) in [6.07, 6.45) is 3.56. The maximum atomic E-state index is 12.0. The van der Waals surface area contributed by atoms with E-state index >= 15 is 0 Å². The second-order valence-corrected chi connectivity index (χ2v) is 6.71. The molecule has 5 nitrogen and oxygen atoms in total. The number of hydrogen-bond donors (Lipinski definition) is 3. The summed E-state index contributed by atoms with van der Waals surface area (Å²) in [5.74, 6) is -0.123. The molecular formula is C21H26ClN3O2. The van der Waals surface area contributed by atoms with Crippen molar-refractivity contribution in [3.8, 4) is 0 Å². The van der Waals surface area contributed by atoms with Gasteiger partial charge in [0, 0.05) is 29.4 Å². The third-order valence-corrected chi connectivity index (χ3v) is 4.41. The van der Waals surface area contributed by atoms with Gasteiger partial charge >= 0.3 is 0 Å². The topological polar surface area (TPSA) is 70.2 Å². The van der Waals surface area contributed by atoms with Gasteiger partial charge in [-0.1, -0.05) is 55.6 Å². The lowest BCUT2D eigenvalue weighted by Gasteiger charge is -2.10. The Labute approximate surface area is 165 Å². The lowest BCUT2D eigenvalue weighted by atomic mass is 10.2. The van der Waals surface area contributed by atoms with E-state index in [4.69, 9.17) is 11.6 Å². The second kappa shape index (κ2) is 11.2. The molecule has 6 heteroatoms. The third-order valence-electron chi connectivity index (χ3n) is 4.04. The number of rotatable bonds is 10. The molecule has 0 bridgehead atoms. The zero-order valence-electron chi connectivity index (χ0n) is 15.6. The molecule has 0 aliphatic heterocycles. The molecule has 0 saturated heterocycles. The summed E-state index contributed by atoms with van der Waals surface area (Å²) in [6, 6.07) is 14.8. The van der Waals surface area contributed by atoms with Crippen molar-refractivity contribution >= 4 is 34.8 Å². The Kier molecular flexibility index (Phi) is 8.65. The number of benzene rings is 2. The number of carbonyl (C=O) groups is 2. The van der Waals surface area contributed by atoms with Crippen LogP contribution in [0.5, 0.6) is 0 Å². The molecule has 144 valence electrons. The number of amides is 2. The first-order chi connectivity index (χ1) is 13.1. The van der Waals surface area contributed by atoms with Crippen LogP contribution in [0.4, 0.5) is 11.4 Å². The van der Waals surface area contributed by atoms with Gasteiger partial charge in [-0.2, -0.15) is 0 Å². The van der Waals surface area contributed by atoms with Gasteiger partial charge in [0.25, 0.3) is 0 Å². The number of carbonyl (C=O) groups excluding carboxylic acids is 2. The molecule has 0 heterocycles. The molecule has 0 atom stereocenters. The molecule has 2 aromatic rings. The Morgan fingerprint density at radius 2 is 1.74 bits per heavy atom. The zero-order chi connectivity index (χ0) is 19.5. The summed E-state index contributed by atoms with van der Waals surface area (Å²) in [5, 5.41) is 9.41. The van der Waals surface area contributed by atoms with Gasteiger partial charge in [0.15, 0.2) is 0 Å². The Bertz CT molecular complexity index is 765. The minimum atomic E-state index is -0.135. The number of hydrogen-bond acceptors (Lipinski definition) is 3. The first-order valence-corrected chi connectivity index (χ1v) is 9.60. The highest BCUT2D eigenvalue weighted by atomic mass is 35.5. The molecule has 0 aliphatic carbocycles. The highest BCUT2D eigenvalue weighted by Crippen LogP contribution is 2.16. The summed E-state index contributed by atoms with van der Waals surface area (Å²) in [7, 11) is 0. The molecule has 27 heavy (non-hydrogen) atoms. The maximum Gasteiger partial charge on any atom is 0.239 e. The predicted octanol–water partition coefficient (Wildman–Crippen LogP) is 4.59. The van der Waals surface area contributed by atoms with Gasteiger partial charge < -0.3 is 16.0 Å². The molecule has 0 aromatic heterocycles. The lowest BCUT2D eigenvalue weighted by Crippen LogP contribution is -2.29. The minimum absolute atomic E-state index is 0.0121. The lowest BCUT2D eigenvalue weighted by molar-refractivity contribution is -0.119. The minimum Gasteiger partial charge on any atom is -0.376 e. The van der Waals surface area contributed by atoms with Crippen LogP contribution in [0.1, 0.15) is 38.2 Å². The van der Waals surface area contributed by atoms with Crippen molar-refractivity contribution in [3.63, 3.8) is 0 Å². The van der Waals surface area contributed by atoms with Gasteiger partial charge in [-0.05, 0) is 36.2 Å². The first kappa shape index (κ1) is 20.8. The van der Waals surface area contributed by atoms with Gasteiger partial charge in [-0.25, -0.2) is 0 Å². The van der Waals surface area contributed by atoms with E-state index in [1.54, 1.807) is 6.07 Å². The van der Waals surface area contributed by atoms with Crippen LogP contribution in [0.3, 0.4) is 0 Å². The van der Waals surface area contributed by atoms with Crippen LogP contribution in [0, 0.1) is 0 Å². The van der Waals surface area contributed by atoms with Gasteiger partial charge in [-0.15, -0.1) is 0 Å². The Morgan fingerprint density at radius 1 is 0.963 bits per heavy atom. The van der Waals surface area contributed by atoms with Crippen LogP contribution in [-0.4, -0.2) is 18.4 Å².